The van der Waals surface area contributed by atoms with Gasteiger partial charge in [0.15, 0.2) is 0 Å². The Bertz CT molecular complexity index is 956. The first-order valence-corrected chi connectivity index (χ1v) is 10.7. The van der Waals surface area contributed by atoms with Crippen LogP contribution in [-0.4, -0.2) is 4.57 Å². The maximum absolute atomic E-state index is 10.6. The average Bonchev–Trinajstić information content (AvgIpc) is 3.38. The Morgan fingerprint density at radius 2 is 1.59 bits per heavy atom. The van der Waals surface area contributed by atoms with E-state index in [9.17, 15) is 5.26 Å². The van der Waals surface area contributed by atoms with Gasteiger partial charge in [-0.3, -0.25) is 0 Å². The molecule has 0 bridgehead atoms. The van der Waals surface area contributed by atoms with E-state index in [-0.39, 0.29) is 5.92 Å². The highest BCUT2D eigenvalue weighted by Crippen LogP contribution is 2.49. The van der Waals surface area contributed by atoms with Gasteiger partial charge in [-0.15, -0.1) is 0 Å². The predicted molar refractivity (Wildman–Crippen MR) is 115 cm³/mol. The molecular weight excluding hydrogens is 354 g/mol. The van der Waals surface area contributed by atoms with E-state index in [1.807, 2.05) is 12.1 Å². The molecule has 0 radical (unpaired) electrons. The van der Waals surface area contributed by atoms with E-state index < -0.39 is 5.41 Å². The third-order valence-corrected chi connectivity index (χ3v) is 6.64. The summed E-state index contributed by atoms with van der Waals surface area (Å²) in [5, 5.41) is 10.6. The number of rotatable bonds is 5. The summed E-state index contributed by atoms with van der Waals surface area (Å²) >= 11 is 0. The van der Waals surface area contributed by atoms with Gasteiger partial charge in [0.2, 0.25) is 0 Å². The van der Waals surface area contributed by atoms with Crippen LogP contribution in [0.25, 0.3) is 0 Å². The van der Waals surface area contributed by atoms with Crippen LogP contribution in [0.15, 0.2) is 73.1 Å². The molecule has 1 saturated carbocycles. The molecule has 0 N–H and O–H groups in total. The largest absolute Gasteiger partial charge is 0.258 e. The van der Waals surface area contributed by atoms with E-state index in [0.29, 0.717) is 12.0 Å². The number of nitrogens with zero attached hydrogens (tertiary/aromatic N) is 3. The molecule has 3 aromatic rings. The summed E-state index contributed by atoms with van der Waals surface area (Å²) in [6, 6.07) is 24.0. The zero-order valence-corrected chi connectivity index (χ0v) is 17.6. The van der Waals surface area contributed by atoms with Crippen LogP contribution >= 0.6 is 0 Å². The van der Waals surface area contributed by atoms with E-state index in [1.165, 1.54) is 5.82 Å². The molecule has 4 rings (SSSR count). The molecule has 1 aromatic heterocycles. The lowest BCUT2D eigenvalue weighted by molar-refractivity contribution is -0.680. The van der Waals surface area contributed by atoms with Crippen molar-refractivity contribution < 1.29 is 4.57 Å². The standard InChI is InChI=1S/C26H30N3/c1-20(2)25-28(3)16-17-29(25)24-15-14-23(18-24)26(19-27,21-10-6-4-7-11-21)22-12-8-5-9-13-22/h4-13,16-17,20,23-24H,14-15,18H2,1-3H3/q+1/t23-,24+/m1/s1. The van der Waals surface area contributed by atoms with Crippen LogP contribution < -0.4 is 4.57 Å². The maximum Gasteiger partial charge on any atom is 0.258 e. The second kappa shape index (κ2) is 7.87. The van der Waals surface area contributed by atoms with Crippen LogP contribution in [0.1, 0.15) is 62.0 Å². The summed E-state index contributed by atoms with van der Waals surface area (Å²) in [5.74, 6) is 2.12. The molecule has 3 heteroatoms. The monoisotopic (exact) mass is 384 g/mol. The van der Waals surface area contributed by atoms with Gasteiger partial charge in [-0.05, 0) is 36.3 Å². The maximum atomic E-state index is 10.6. The molecule has 3 nitrogen and oxygen atoms in total. The van der Waals surface area contributed by atoms with Gasteiger partial charge in [0.05, 0.1) is 19.0 Å². The Morgan fingerprint density at radius 3 is 2.10 bits per heavy atom. The van der Waals surface area contributed by atoms with Gasteiger partial charge in [-0.25, -0.2) is 9.13 Å². The average molecular weight is 385 g/mol. The molecule has 2 aromatic carbocycles. The third-order valence-electron chi connectivity index (χ3n) is 6.64. The van der Waals surface area contributed by atoms with Crippen LogP contribution in [0.4, 0.5) is 0 Å². The van der Waals surface area contributed by atoms with E-state index in [2.05, 4.69) is 97.0 Å². The molecule has 148 valence electrons. The normalized spacial score (nSPS) is 19.4. The van der Waals surface area contributed by atoms with E-state index >= 15 is 0 Å². The van der Waals surface area contributed by atoms with Crippen LogP contribution in [0.3, 0.4) is 0 Å². The molecule has 0 unspecified atom stereocenters. The van der Waals surface area contributed by atoms with Crippen molar-refractivity contribution in [2.75, 3.05) is 0 Å². The second-order valence-electron chi connectivity index (χ2n) is 8.64. The Labute approximate surface area is 174 Å². The quantitative estimate of drug-likeness (QED) is 0.550. The molecule has 0 spiro atoms. The van der Waals surface area contributed by atoms with Crippen molar-refractivity contribution in [1.82, 2.24) is 4.57 Å². The molecule has 0 aliphatic heterocycles. The van der Waals surface area contributed by atoms with Crippen LogP contribution in [0, 0.1) is 17.2 Å². The highest BCUT2D eigenvalue weighted by molar-refractivity contribution is 5.47. The molecule has 1 heterocycles. The second-order valence-corrected chi connectivity index (χ2v) is 8.64. The summed E-state index contributed by atoms with van der Waals surface area (Å²) in [5.41, 5.74) is 1.62. The first kappa shape index (κ1) is 19.5. The lowest BCUT2D eigenvalue weighted by Gasteiger charge is -2.34. The fourth-order valence-corrected chi connectivity index (χ4v) is 5.39. The molecule has 2 atom stereocenters. The van der Waals surface area contributed by atoms with Gasteiger partial charge >= 0.3 is 0 Å². The Hall–Kier alpha value is -2.86. The van der Waals surface area contributed by atoms with E-state index in [4.69, 9.17) is 0 Å². The van der Waals surface area contributed by atoms with Crippen molar-refractivity contribution in [1.29, 1.82) is 5.26 Å². The summed E-state index contributed by atoms with van der Waals surface area (Å²) in [7, 11) is 2.13. The zero-order valence-electron chi connectivity index (χ0n) is 17.6. The first-order chi connectivity index (χ1) is 14.1. The lowest BCUT2D eigenvalue weighted by atomic mass is 9.66. The van der Waals surface area contributed by atoms with Crippen molar-refractivity contribution in [3.8, 4) is 6.07 Å². The predicted octanol–water partition coefficient (Wildman–Crippen LogP) is 5.29. The lowest BCUT2D eigenvalue weighted by Crippen LogP contribution is -2.35. The van der Waals surface area contributed by atoms with Crippen molar-refractivity contribution in [2.45, 2.75) is 50.5 Å². The Balaban J connectivity index is 1.76. The number of aromatic nitrogens is 2. The molecule has 0 amide bonds. The van der Waals surface area contributed by atoms with Crippen molar-refractivity contribution in [3.05, 3.63) is 90.0 Å². The van der Waals surface area contributed by atoms with Crippen LogP contribution in [0.2, 0.25) is 0 Å². The van der Waals surface area contributed by atoms with E-state index in [0.717, 1.165) is 30.4 Å². The fraction of sp³-hybridized carbons (Fsp3) is 0.385. The van der Waals surface area contributed by atoms with Crippen LogP contribution in [0.5, 0.6) is 0 Å². The summed E-state index contributed by atoms with van der Waals surface area (Å²) in [6.07, 6.45) is 7.57. The smallest absolute Gasteiger partial charge is 0.237 e. The first-order valence-electron chi connectivity index (χ1n) is 10.7. The highest BCUT2D eigenvalue weighted by Gasteiger charge is 2.47. The summed E-state index contributed by atoms with van der Waals surface area (Å²) in [4.78, 5) is 0. The highest BCUT2D eigenvalue weighted by atomic mass is 15.2. The van der Waals surface area contributed by atoms with Gasteiger partial charge in [0.1, 0.15) is 23.9 Å². The van der Waals surface area contributed by atoms with Crippen LogP contribution in [-0.2, 0) is 12.5 Å². The van der Waals surface area contributed by atoms with Crippen molar-refractivity contribution in [2.24, 2.45) is 13.0 Å². The molecule has 0 saturated heterocycles. The fourth-order valence-electron chi connectivity index (χ4n) is 5.39. The van der Waals surface area contributed by atoms with Gasteiger partial charge < -0.3 is 0 Å². The molecule has 1 aliphatic carbocycles. The van der Waals surface area contributed by atoms with E-state index in [1.54, 1.807) is 0 Å². The topological polar surface area (TPSA) is 32.6 Å². The van der Waals surface area contributed by atoms with Gasteiger partial charge in [-0.1, -0.05) is 74.5 Å². The number of hydrogen-bond donors (Lipinski definition) is 0. The molecular formula is C26H30N3+. The number of nitriles is 1. The third kappa shape index (κ3) is 3.27. The zero-order chi connectivity index (χ0) is 20.4. The summed E-state index contributed by atoms with van der Waals surface area (Å²) < 4.78 is 4.70. The minimum Gasteiger partial charge on any atom is -0.237 e. The summed E-state index contributed by atoms with van der Waals surface area (Å²) in [6.45, 7) is 4.51. The van der Waals surface area contributed by atoms with Crippen molar-refractivity contribution >= 4 is 0 Å². The van der Waals surface area contributed by atoms with Gasteiger partial charge in [0.25, 0.3) is 5.82 Å². The number of imidazole rings is 1. The van der Waals surface area contributed by atoms with Crippen molar-refractivity contribution in [3.63, 3.8) is 0 Å². The molecule has 1 fully saturated rings. The minimum absolute atomic E-state index is 0.287. The Morgan fingerprint density at radius 1 is 1.00 bits per heavy atom. The number of hydrogen-bond acceptors (Lipinski definition) is 1. The molecule has 1 aliphatic rings. The Kier molecular flexibility index (Phi) is 5.28. The van der Waals surface area contributed by atoms with Gasteiger partial charge in [0, 0.05) is 0 Å². The minimum atomic E-state index is -0.607. The number of benzene rings is 2. The molecule has 29 heavy (non-hydrogen) atoms. The number of aryl methyl sites for hydroxylation is 1. The SMILES string of the molecule is CC(C)c1n([C@H]2CC[C@@H](C(C#N)(c3ccccc3)c3ccccc3)C2)cc[n+]1C. The van der Waals surface area contributed by atoms with Gasteiger partial charge in [-0.2, -0.15) is 5.26 Å².